The number of aromatic nitrogens is 1. The number of carbonyl (C=O) groups excluding carboxylic acids is 1. The third-order valence-electron chi connectivity index (χ3n) is 3.39. The van der Waals surface area contributed by atoms with Crippen molar-refractivity contribution in [2.45, 2.75) is 10.1 Å². The molecule has 25 heavy (non-hydrogen) atoms. The van der Waals surface area contributed by atoms with E-state index in [9.17, 15) is 13.6 Å². The lowest BCUT2D eigenvalue weighted by molar-refractivity contribution is -0.115. The molecule has 0 bridgehead atoms. The zero-order valence-electron chi connectivity index (χ0n) is 13.0. The lowest BCUT2D eigenvalue weighted by atomic mass is 10.1. The van der Waals surface area contributed by atoms with Crippen molar-refractivity contribution in [3.63, 3.8) is 0 Å². The predicted octanol–water partition coefficient (Wildman–Crippen LogP) is 4.83. The Labute approximate surface area is 148 Å². The highest BCUT2D eigenvalue weighted by Gasteiger charge is 2.22. The van der Waals surface area contributed by atoms with Gasteiger partial charge in [0.15, 0.2) is 0 Å². The van der Waals surface area contributed by atoms with E-state index in [-0.39, 0.29) is 17.5 Å². The van der Waals surface area contributed by atoms with Crippen molar-refractivity contribution in [2.75, 3.05) is 5.32 Å². The lowest BCUT2D eigenvalue weighted by Crippen LogP contribution is -2.19. The van der Waals surface area contributed by atoms with Gasteiger partial charge in [-0.05, 0) is 54.1 Å². The zero-order valence-corrected chi connectivity index (χ0v) is 13.8. The quantitative estimate of drug-likeness (QED) is 0.666. The second-order valence-corrected chi connectivity index (χ2v) is 6.39. The van der Waals surface area contributed by atoms with Crippen molar-refractivity contribution in [1.82, 2.24) is 4.98 Å². The molecule has 3 rings (SSSR count). The highest BCUT2D eigenvalue weighted by atomic mass is 32.2. The Morgan fingerprint density at radius 3 is 2.16 bits per heavy atom. The Bertz CT molecular complexity index is 840. The van der Waals surface area contributed by atoms with E-state index in [1.54, 1.807) is 48.7 Å². The highest BCUT2D eigenvalue weighted by molar-refractivity contribution is 8.00. The maximum Gasteiger partial charge on any atom is 0.243 e. The summed E-state index contributed by atoms with van der Waals surface area (Å²) in [5.74, 6) is -0.584. The minimum Gasteiger partial charge on any atom is -0.309 e. The molecule has 3 aromatic rings. The monoisotopic (exact) mass is 356 g/mol. The molecule has 0 saturated carbocycles. The first-order valence-corrected chi connectivity index (χ1v) is 8.39. The molecule has 126 valence electrons. The fourth-order valence-electron chi connectivity index (χ4n) is 2.19. The highest BCUT2D eigenvalue weighted by Crippen LogP contribution is 2.36. The Kier molecular flexibility index (Phi) is 5.40. The molecule has 0 aliphatic rings. The van der Waals surface area contributed by atoms with Crippen LogP contribution in [-0.2, 0) is 4.79 Å². The predicted molar refractivity (Wildman–Crippen MR) is 94.3 cm³/mol. The number of hydrogen-bond acceptors (Lipinski definition) is 3. The number of thioether (sulfide) groups is 1. The van der Waals surface area contributed by atoms with Crippen LogP contribution in [0.25, 0.3) is 0 Å². The average Bonchev–Trinajstić information content (AvgIpc) is 2.63. The number of amides is 1. The Morgan fingerprint density at radius 2 is 1.56 bits per heavy atom. The molecule has 1 unspecified atom stereocenters. The van der Waals surface area contributed by atoms with Crippen LogP contribution in [-0.4, -0.2) is 10.9 Å². The van der Waals surface area contributed by atoms with Crippen molar-refractivity contribution < 1.29 is 13.6 Å². The van der Waals surface area contributed by atoms with E-state index in [0.717, 1.165) is 4.90 Å². The fourth-order valence-corrected chi connectivity index (χ4v) is 3.21. The van der Waals surface area contributed by atoms with Crippen molar-refractivity contribution in [3.8, 4) is 0 Å². The number of hydrogen-bond donors (Lipinski definition) is 1. The summed E-state index contributed by atoms with van der Waals surface area (Å²) in [7, 11) is 0. The maximum atomic E-state index is 13.2. The average molecular weight is 356 g/mol. The topological polar surface area (TPSA) is 42.0 Å². The van der Waals surface area contributed by atoms with E-state index in [4.69, 9.17) is 0 Å². The number of halogens is 2. The lowest BCUT2D eigenvalue weighted by Gasteiger charge is -2.17. The molecule has 1 amide bonds. The third kappa shape index (κ3) is 4.64. The number of nitrogens with zero attached hydrogens (tertiary/aromatic N) is 1. The molecule has 1 heterocycles. The molecule has 0 radical (unpaired) electrons. The van der Waals surface area contributed by atoms with E-state index in [1.807, 2.05) is 0 Å². The summed E-state index contributed by atoms with van der Waals surface area (Å²) < 4.78 is 26.3. The van der Waals surface area contributed by atoms with Crippen molar-refractivity contribution in [1.29, 1.82) is 0 Å². The zero-order chi connectivity index (χ0) is 17.6. The summed E-state index contributed by atoms with van der Waals surface area (Å²) in [5.41, 5.74) is 0.643. The van der Waals surface area contributed by atoms with Crippen LogP contribution in [0, 0.1) is 11.6 Å². The molecular formula is C19H14F2N2OS. The Morgan fingerprint density at radius 1 is 0.920 bits per heavy atom. The summed E-state index contributed by atoms with van der Waals surface area (Å²) >= 11 is 1.25. The van der Waals surface area contributed by atoms with E-state index >= 15 is 0 Å². The minimum absolute atomic E-state index is 0.292. The van der Waals surface area contributed by atoms with Crippen molar-refractivity contribution in [2.24, 2.45) is 0 Å². The number of benzene rings is 2. The molecule has 0 aliphatic heterocycles. The van der Waals surface area contributed by atoms with Gasteiger partial charge in [-0.25, -0.2) is 13.8 Å². The molecule has 0 fully saturated rings. The number of anilines is 1. The number of nitrogens with one attached hydrogen (secondary N) is 1. The van der Waals surface area contributed by atoms with Crippen LogP contribution in [0.4, 0.5) is 14.6 Å². The number of pyridine rings is 1. The second kappa shape index (κ2) is 7.90. The Hall–Kier alpha value is -2.73. The number of rotatable bonds is 5. The first-order chi connectivity index (χ1) is 12.1. The van der Waals surface area contributed by atoms with Gasteiger partial charge in [-0.15, -0.1) is 11.8 Å². The molecule has 1 aromatic heterocycles. The molecule has 0 saturated heterocycles. The van der Waals surface area contributed by atoms with Crippen LogP contribution in [0.1, 0.15) is 10.8 Å². The van der Waals surface area contributed by atoms with Crippen LogP contribution in [0.3, 0.4) is 0 Å². The third-order valence-corrected chi connectivity index (χ3v) is 4.66. The van der Waals surface area contributed by atoms with Gasteiger partial charge in [-0.1, -0.05) is 18.2 Å². The summed E-state index contributed by atoms with van der Waals surface area (Å²) in [4.78, 5) is 17.5. The largest absolute Gasteiger partial charge is 0.309 e. The normalized spacial score (nSPS) is 11.8. The summed E-state index contributed by atoms with van der Waals surface area (Å²) in [5, 5.41) is 2.12. The van der Waals surface area contributed by atoms with Crippen LogP contribution < -0.4 is 5.32 Å². The maximum absolute atomic E-state index is 13.2. The molecule has 3 nitrogen and oxygen atoms in total. The van der Waals surface area contributed by atoms with Gasteiger partial charge < -0.3 is 5.32 Å². The molecule has 6 heteroatoms. The van der Waals surface area contributed by atoms with Gasteiger partial charge in [0.2, 0.25) is 5.91 Å². The Balaban J connectivity index is 1.86. The standard InChI is InChI=1S/C19H14F2N2OS/c20-14-6-4-13(5-7-14)18(25-16-10-8-15(21)9-11-16)19(24)23-17-3-1-2-12-22-17/h1-12,18H,(H,22,23,24). The van der Waals surface area contributed by atoms with Crippen molar-refractivity contribution in [3.05, 3.63) is 90.1 Å². The molecule has 1 atom stereocenters. The summed E-state index contributed by atoms with van der Waals surface area (Å²) in [6.45, 7) is 0. The summed E-state index contributed by atoms with van der Waals surface area (Å²) in [6.07, 6.45) is 1.58. The SMILES string of the molecule is O=C(Nc1ccccn1)C(Sc1ccc(F)cc1)c1ccc(F)cc1. The van der Waals surface area contributed by atoms with Crippen LogP contribution >= 0.6 is 11.8 Å². The minimum atomic E-state index is -0.631. The molecule has 2 aromatic carbocycles. The first kappa shape index (κ1) is 17.1. The molecule has 0 spiro atoms. The molecular weight excluding hydrogens is 342 g/mol. The van der Waals surface area contributed by atoms with Crippen molar-refractivity contribution >= 4 is 23.5 Å². The van der Waals surface area contributed by atoms with E-state index < -0.39 is 5.25 Å². The van der Waals surface area contributed by atoms with Crippen LogP contribution in [0.2, 0.25) is 0 Å². The van der Waals surface area contributed by atoms with Crippen LogP contribution in [0.15, 0.2) is 77.8 Å². The first-order valence-electron chi connectivity index (χ1n) is 7.51. The van der Waals surface area contributed by atoms with Gasteiger partial charge in [-0.3, -0.25) is 4.79 Å². The number of carbonyl (C=O) groups is 1. The smallest absolute Gasteiger partial charge is 0.243 e. The van der Waals surface area contributed by atoms with E-state index in [0.29, 0.717) is 11.4 Å². The second-order valence-electron chi connectivity index (χ2n) is 5.21. The van der Waals surface area contributed by atoms with Crippen LogP contribution in [0.5, 0.6) is 0 Å². The van der Waals surface area contributed by atoms with E-state index in [2.05, 4.69) is 10.3 Å². The van der Waals surface area contributed by atoms with E-state index in [1.165, 1.54) is 36.0 Å². The van der Waals surface area contributed by atoms with Gasteiger partial charge in [-0.2, -0.15) is 0 Å². The van der Waals surface area contributed by atoms with Gasteiger partial charge in [0.1, 0.15) is 22.7 Å². The molecule has 0 aliphatic carbocycles. The summed E-state index contributed by atoms with van der Waals surface area (Å²) in [6, 6.07) is 16.8. The van der Waals surface area contributed by atoms with Gasteiger partial charge in [0, 0.05) is 11.1 Å². The van der Waals surface area contributed by atoms with Gasteiger partial charge >= 0.3 is 0 Å². The fraction of sp³-hybridized carbons (Fsp3) is 0.0526. The van der Waals surface area contributed by atoms with Gasteiger partial charge in [0.05, 0.1) is 0 Å². The molecule has 1 N–H and O–H groups in total. The van der Waals surface area contributed by atoms with Gasteiger partial charge in [0.25, 0.3) is 0 Å².